The van der Waals surface area contributed by atoms with Crippen LogP contribution in [0.4, 0.5) is 0 Å². The van der Waals surface area contributed by atoms with Crippen LogP contribution in [0.5, 0.6) is 0 Å². The molecule has 0 amide bonds. The summed E-state index contributed by atoms with van der Waals surface area (Å²) in [5.41, 5.74) is 22.3. The summed E-state index contributed by atoms with van der Waals surface area (Å²) < 4.78 is 0. The van der Waals surface area contributed by atoms with E-state index in [0.29, 0.717) is 52.3 Å². The lowest BCUT2D eigenvalue weighted by molar-refractivity contribution is 0.288. The summed E-state index contributed by atoms with van der Waals surface area (Å²) in [7, 11) is 0. The molecule has 0 radical (unpaired) electrons. The summed E-state index contributed by atoms with van der Waals surface area (Å²) in [6.07, 6.45) is 1.42. The first-order valence-electron chi connectivity index (χ1n) is 32.8. The Kier molecular flexibility index (Phi) is 14.9. The van der Waals surface area contributed by atoms with Gasteiger partial charge in [-0.15, -0.1) is 0 Å². The molecule has 0 unspecified atom stereocenters. The normalized spacial score (nSPS) is 13.1. The number of H-pyrrole nitrogens is 2. The number of fused-ring (bicyclic) bond motifs is 20. The van der Waals surface area contributed by atoms with Crippen molar-refractivity contribution < 1.29 is 5.11 Å². The van der Waals surface area contributed by atoms with E-state index in [1.165, 1.54) is 33.4 Å². The highest BCUT2D eigenvalue weighted by molar-refractivity contribution is 6.14. The summed E-state index contributed by atoms with van der Waals surface area (Å²) in [5.74, 6) is 2.14. The molecule has 9 nitrogen and oxygen atoms in total. The molecular weight excluding hydrogens is 1120 g/mol. The van der Waals surface area contributed by atoms with Crippen LogP contribution in [-0.4, -0.2) is 51.6 Å². The van der Waals surface area contributed by atoms with E-state index in [-0.39, 0.29) is 39.1 Å². The van der Waals surface area contributed by atoms with Gasteiger partial charge >= 0.3 is 0 Å². The Morgan fingerprint density at radius 3 is 0.989 bits per heavy atom. The van der Waals surface area contributed by atoms with Crippen molar-refractivity contribution in [1.29, 1.82) is 0 Å². The number of benzene rings is 8. The molecule has 0 fully saturated rings. The molecule has 466 valence electrons. The fourth-order valence-corrected chi connectivity index (χ4v) is 13.1. The molecule has 3 aromatic heterocycles. The van der Waals surface area contributed by atoms with Gasteiger partial charge in [-0.2, -0.15) is 0 Å². The summed E-state index contributed by atoms with van der Waals surface area (Å²) >= 11 is 0. The van der Waals surface area contributed by atoms with Crippen molar-refractivity contribution in [2.24, 2.45) is 0 Å². The predicted molar refractivity (Wildman–Crippen MR) is 385 cm³/mol. The lowest BCUT2D eigenvalue weighted by Crippen LogP contribution is -2.16. The zero-order valence-corrected chi connectivity index (χ0v) is 57.2. The molecule has 0 saturated heterocycles. The van der Waals surface area contributed by atoms with Gasteiger partial charge in [-0.3, -0.25) is 0 Å². The number of aliphatic hydroxyl groups excluding tert-OH is 1. The SMILES string of the molecule is CC(C)(C)c1cc(-c2cccc3c2-c2nc-3nc3[nH]c(nc4nc(nc5[nH]c(n2)c2cccc(-c6cccc(CCCO)c6)c52)-c2cccc(-c5cc(C(C)(C)C)cc(C(C)(C)C)c5)c2-4)c2cccc(-c4cc(C(C)(C)C)cc(C(C)(C)C)c4)c32)cc(C(C)(C)C)c1. The Hall–Kier alpha value is -8.92. The van der Waals surface area contributed by atoms with Gasteiger partial charge in [0.1, 0.15) is 22.6 Å². The van der Waals surface area contributed by atoms with Crippen LogP contribution >= 0.6 is 0 Å². The molecule has 0 spiro atoms. The maximum Gasteiger partial charge on any atom is 0.165 e. The topological polar surface area (TPSA) is 129 Å². The minimum absolute atomic E-state index is 0.121. The van der Waals surface area contributed by atoms with Crippen molar-refractivity contribution in [3.05, 3.63) is 191 Å². The molecule has 5 heterocycles. The maximum absolute atomic E-state index is 9.93. The number of nitrogens with zero attached hydrogens (tertiary/aromatic N) is 6. The van der Waals surface area contributed by atoms with E-state index in [1.54, 1.807) is 0 Å². The number of hydrogen-bond acceptors (Lipinski definition) is 7. The fourth-order valence-electron chi connectivity index (χ4n) is 13.1. The van der Waals surface area contributed by atoms with Gasteiger partial charge in [-0.05, 0) is 129 Å². The second kappa shape index (κ2) is 22.1. The summed E-state index contributed by atoms with van der Waals surface area (Å²) in [6.45, 7) is 41.3. The third-order valence-corrected chi connectivity index (χ3v) is 18.7. The van der Waals surface area contributed by atoms with Crippen LogP contribution in [0.25, 0.3) is 134 Å². The fraction of sp³-hybridized carbons (Fsp3) is 0.325. The molecule has 0 aliphatic carbocycles. The van der Waals surface area contributed by atoms with E-state index in [0.717, 1.165) is 100 Å². The third-order valence-electron chi connectivity index (χ3n) is 18.7. The predicted octanol–water partition coefficient (Wildman–Crippen LogP) is 21.2. The van der Waals surface area contributed by atoms with E-state index < -0.39 is 0 Å². The lowest BCUT2D eigenvalue weighted by Gasteiger charge is -2.26. The van der Waals surface area contributed by atoms with Crippen LogP contribution in [0, 0.1) is 0 Å². The van der Waals surface area contributed by atoms with Crippen molar-refractivity contribution in [1.82, 2.24) is 39.9 Å². The Morgan fingerprint density at radius 1 is 0.304 bits per heavy atom. The molecule has 92 heavy (non-hydrogen) atoms. The van der Waals surface area contributed by atoms with Crippen LogP contribution in [0.3, 0.4) is 0 Å². The van der Waals surface area contributed by atoms with Crippen LogP contribution in [0.1, 0.15) is 170 Å². The van der Waals surface area contributed by atoms with Gasteiger partial charge in [-0.1, -0.05) is 276 Å². The number of hydrogen-bond donors (Lipinski definition) is 3. The average molecular weight is 1210 g/mol. The van der Waals surface area contributed by atoms with E-state index in [1.807, 2.05) is 0 Å². The minimum Gasteiger partial charge on any atom is -0.396 e. The van der Waals surface area contributed by atoms with Crippen LogP contribution in [0.15, 0.2) is 152 Å². The molecule has 0 atom stereocenters. The van der Waals surface area contributed by atoms with Gasteiger partial charge in [-0.25, -0.2) is 29.9 Å². The minimum atomic E-state index is -0.128. The van der Waals surface area contributed by atoms with Gasteiger partial charge in [0.2, 0.25) is 0 Å². The molecule has 11 aromatic rings. The second-order valence-corrected chi connectivity index (χ2v) is 31.9. The number of aromatic nitrogens is 8. The standard InChI is InChI=1S/C83H88N8O/c1-78(2,3)52-38-49(39-53(44-52)79(4,5)6)59-29-21-33-63-67(59)76-87-71(63)85-74-66-58(48-27-19-25-47(37-48)26-24-36-92)28-20-32-62(66)70(84-74)86-75-68-60(50-40-54(80(7,8)9)45-55(41-50)81(10,11)12)30-22-34-64(68)72(88-75)90-77-69-61(31-23-35-65(69)73(89-76)91-77)51-42-56(82(13,14)15)46-57(43-51)83(16,17)18/h19-23,25,27-35,37-46,92H,24,26,36H2,1-18H3,(H2,84,85,86,87,88,89,90,91). The van der Waals surface area contributed by atoms with Crippen LogP contribution in [-0.2, 0) is 38.9 Å². The zero-order valence-electron chi connectivity index (χ0n) is 57.2. The number of aryl methyl sites for hydroxylation is 1. The van der Waals surface area contributed by atoms with Crippen molar-refractivity contribution in [2.45, 2.75) is 170 Å². The third kappa shape index (κ3) is 11.5. The first kappa shape index (κ1) is 61.9. The Balaban J connectivity index is 1.21. The van der Waals surface area contributed by atoms with E-state index in [2.05, 4.69) is 286 Å². The Bertz CT molecular complexity index is 4790. The van der Waals surface area contributed by atoms with Gasteiger partial charge in [0.05, 0.1) is 0 Å². The zero-order chi connectivity index (χ0) is 65.4. The molecule has 2 aliphatic heterocycles. The highest BCUT2D eigenvalue weighted by Crippen LogP contribution is 2.48. The van der Waals surface area contributed by atoms with Crippen molar-refractivity contribution in [3.63, 3.8) is 0 Å². The van der Waals surface area contributed by atoms with Crippen molar-refractivity contribution >= 4 is 44.1 Å². The molecule has 3 N–H and O–H groups in total. The maximum atomic E-state index is 9.93. The van der Waals surface area contributed by atoms with E-state index >= 15 is 0 Å². The highest BCUT2D eigenvalue weighted by Gasteiger charge is 2.31. The van der Waals surface area contributed by atoms with Crippen molar-refractivity contribution in [2.75, 3.05) is 6.61 Å². The summed E-state index contributed by atoms with van der Waals surface area (Å²) in [5, 5.41) is 13.5. The summed E-state index contributed by atoms with van der Waals surface area (Å²) in [6, 6.07) is 55.9. The quantitative estimate of drug-likeness (QED) is 0.145. The molecule has 8 bridgehead atoms. The van der Waals surface area contributed by atoms with Gasteiger partial charge in [0.25, 0.3) is 0 Å². The largest absolute Gasteiger partial charge is 0.396 e. The number of aliphatic hydroxyl groups is 1. The van der Waals surface area contributed by atoms with Gasteiger partial charge in [0, 0.05) is 50.4 Å². The van der Waals surface area contributed by atoms with Gasteiger partial charge in [0.15, 0.2) is 23.3 Å². The monoisotopic (exact) mass is 1210 g/mol. The highest BCUT2D eigenvalue weighted by atomic mass is 16.3. The molecule has 2 aliphatic rings. The molecular formula is C83H88N8O. The van der Waals surface area contributed by atoms with Crippen LogP contribution in [0.2, 0.25) is 0 Å². The molecule has 0 saturated carbocycles. The van der Waals surface area contributed by atoms with Gasteiger partial charge < -0.3 is 15.1 Å². The molecule has 13 rings (SSSR count). The Labute approximate surface area is 543 Å². The number of aromatic amines is 2. The second-order valence-electron chi connectivity index (χ2n) is 31.9. The first-order chi connectivity index (χ1) is 43.3. The van der Waals surface area contributed by atoms with E-state index in [9.17, 15) is 5.11 Å². The number of nitrogens with one attached hydrogen (secondary N) is 2. The molecule has 9 heteroatoms. The first-order valence-corrected chi connectivity index (χ1v) is 32.8. The van der Waals surface area contributed by atoms with E-state index in [4.69, 9.17) is 29.9 Å². The average Bonchev–Trinajstić information content (AvgIpc) is 1.57. The molecule has 8 aromatic carbocycles. The lowest BCUT2D eigenvalue weighted by atomic mass is 9.78. The smallest absolute Gasteiger partial charge is 0.165 e. The number of rotatable bonds is 7. The van der Waals surface area contributed by atoms with Crippen LogP contribution < -0.4 is 0 Å². The van der Waals surface area contributed by atoms with Crippen molar-refractivity contribution in [3.8, 4) is 90.1 Å². The summed E-state index contributed by atoms with van der Waals surface area (Å²) in [4.78, 5) is 42.0. The Morgan fingerprint density at radius 2 is 0.620 bits per heavy atom.